The van der Waals surface area contributed by atoms with Gasteiger partial charge in [0.05, 0.1) is 17.6 Å². The zero-order valence-corrected chi connectivity index (χ0v) is 17.3. The Kier molecular flexibility index (Phi) is 5.00. The van der Waals surface area contributed by atoms with Crippen LogP contribution in [0.4, 0.5) is 26.3 Å². The lowest BCUT2D eigenvalue weighted by Crippen LogP contribution is -2.23. The van der Waals surface area contributed by atoms with Gasteiger partial charge in [-0.1, -0.05) is 30.4 Å². The fraction of sp³-hybridized carbons (Fsp3) is 0.273. The highest BCUT2D eigenvalue weighted by molar-refractivity contribution is 7.92. The molecule has 32 heavy (non-hydrogen) atoms. The fourth-order valence-electron chi connectivity index (χ4n) is 3.73. The summed E-state index contributed by atoms with van der Waals surface area (Å²) in [5.74, 6) is -0.326. The van der Waals surface area contributed by atoms with Crippen LogP contribution in [0.15, 0.2) is 59.5 Å². The summed E-state index contributed by atoms with van der Waals surface area (Å²) in [6.45, 7) is 0. The van der Waals surface area contributed by atoms with E-state index in [9.17, 15) is 34.8 Å². The van der Waals surface area contributed by atoms with E-state index in [4.69, 9.17) is 4.74 Å². The summed E-state index contributed by atoms with van der Waals surface area (Å²) >= 11 is 0. The molecule has 2 aromatic rings. The Balaban J connectivity index is 1.76. The smallest absolute Gasteiger partial charge is 0.496 e. The van der Waals surface area contributed by atoms with E-state index < -0.39 is 32.0 Å². The van der Waals surface area contributed by atoms with Crippen molar-refractivity contribution < 1.29 is 39.5 Å². The summed E-state index contributed by atoms with van der Waals surface area (Å²) in [7, 11) is -4.36. The Hall–Kier alpha value is -2.75. The number of benzene rings is 2. The van der Waals surface area contributed by atoms with Gasteiger partial charge in [0.25, 0.3) is 9.84 Å². The Morgan fingerprint density at radius 1 is 0.844 bits per heavy atom. The predicted octanol–water partition coefficient (Wildman–Crippen LogP) is 6.27. The lowest BCUT2D eigenvalue weighted by Gasteiger charge is -2.16. The summed E-state index contributed by atoms with van der Waals surface area (Å²) < 4.78 is 107. The molecule has 1 saturated carbocycles. The van der Waals surface area contributed by atoms with Crippen LogP contribution in [-0.4, -0.2) is 21.0 Å². The third-order valence-corrected chi connectivity index (χ3v) is 7.08. The van der Waals surface area contributed by atoms with Crippen molar-refractivity contribution in [3.8, 4) is 5.75 Å². The van der Waals surface area contributed by atoms with E-state index in [1.54, 1.807) is 0 Å². The van der Waals surface area contributed by atoms with Gasteiger partial charge in [0, 0.05) is 5.41 Å². The highest BCUT2D eigenvalue weighted by Crippen LogP contribution is 2.58. The largest absolute Gasteiger partial charge is 0.501 e. The molecule has 0 saturated heterocycles. The molecule has 3 nitrogen and oxygen atoms in total. The van der Waals surface area contributed by atoms with Crippen molar-refractivity contribution in [1.82, 2.24) is 0 Å². The van der Waals surface area contributed by atoms with E-state index >= 15 is 0 Å². The first-order chi connectivity index (χ1) is 14.8. The van der Waals surface area contributed by atoms with Crippen LogP contribution in [0.2, 0.25) is 0 Å². The lowest BCUT2D eigenvalue weighted by molar-refractivity contribution is -0.138. The maximum atomic E-state index is 13.5. The van der Waals surface area contributed by atoms with Crippen molar-refractivity contribution in [2.75, 3.05) is 7.11 Å². The quantitative estimate of drug-likeness (QED) is 0.491. The van der Waals surface area contributed by atoms with E-state index in [0.717, 1.165) is 38.2 Å². The molecule has 0 bridgehead atoms. The predicted molar refractivity (Wildman–Crippen MR) is 105 cm³/mol. The molecule has 2 aromatic carbocycles. The summed E-state index contributed by atoms with van der Waals surface area (Å²) in [4.78, 5) is -0.900. The second kappa shape index (κ2) is 7.13. The molecule has 0 amide bonds. The highest BCUT2D eigenvalue weighted by Gasteiger charge is 2.47. The molecule has 1 spiro atoms. The lowest BCUT2D eigenvalue weighted by atomic mass is 9.93. The van der Waals surface area contributed by atoms with Gasteiger partial charge >= 0.3 is 11.7 Å². The molecule has 0 aliphatic heterocycles. The van der Waals surface area contributed by atoms with Crippen molar-refractivity contribution in [3.05, 3.63) is 71.3 Å². The van der Waals surface area contributed by atoms with Gasteiger partial charge in [0.15, 0.2) is 0 Å². The van der Waals surface area contributed by atoms with Gasteiger partial charge < -0.3 is 4.74 Å². The second-order valence-electron chi connectivity index (χ2n) is 7.74. The molecule has 0 aromatic heterocycles. The molecule has 4 rings (SSSR count). The number of halogens is 6. The van der Waals surface area contributed by atoms with Crippen molar-refractivity contribution in [1.29, 1.82) is 0 Å². The summed E-state index contributed by atoms with van der Waals surface area (Å²) in [6, 6.07) is 7.84. The summed E-state index contributed by atoms with van der Waals surface area (Å²) in [5.41, 5.74) is -4.95. The maximum absolute atomic E-state index is 13.5. The summed E-state index contributed by atoms with van der Waals surface area (Å²) in [5, 5.41) is 0. The SMILES string of the molecule is COc1ccc(C2=CC3(C=C2c2ccc(S(=O)(=O)C(F)(F)F)cc2)CC3)cc1C(F)(F)F. The standard InChI is InChI=1S/C22H16F6O3S/c1-31-19-7-4-14(10-18(19)21(23,24)25)17-12-20(8-9-20)11-16(17)13-2-5-15(6-3-13)32(29,30)22(26,27)28/h2-7,10-12H,8-9H2,1H3. The fourth-order valence-corrected chi connectivity index (χ4v) is 4.49. The maximum Gasteiger partial charge on any atom is 0.501 e. The van der Waals surface area contributed by atoms with E-state index in [-0.39, 0.29) is 16.7 Å². The molecule has 10 heteroatoms. The average molecular weight is 474 g/mol. The van der Waals surface area contributed by atoms with Crippen molar-refractivity contribution in [2.24, 2.45) is 5.41 Å². The van der Waals surface area contributed by atoms with Gasteiger partial charge in [-0.2, -0.15) is 26.3 Å². The molecule has 1 fully saturated rings. The van der Waals surface area contributed by atoms with Gasteiger partial charge in [-0.05, 0) is 59.4 Å². The second-order valence-corrected chi connectivity index (χ2v) is 9.68. The zero-order chi connectivity index (χ0) is 23.5. The van der Waals surface area contributed by atoms with Crippen molar-refractivity contribution in [2.45, 2.75) is 29.4 Å². The van der Waals surface area contributed by atoms with Crippen LogP contribution < -0.4 is 4.74 Å². The van der Waals surface area contributed by atoms with Crippen LogP contribution in [0, 0.1) is 5.41 Å². The van der Waals surface area contributed by atoms with E-state index in [1.807, 2.05) is 12.2 Å². The normalized spacial score (nSPS) is 17.8. The monoisotopic (exact) mass is 474 g/mol. The summed E-state index contributed by atoms with van der Waals surface area (Å²) in [6.07, 6.45) is 0.665. The van der Waals surface area contributed by atoms with Crippen LogP contribution in [-0.2, 0) is 16.0 Å². The number of methoxy groups -OCH3 is 1. The minimum atomic E-state index is -5.50. The molecule has 0 radical (unpaired) electrons. The molecule has 0 unspecified atom stereocenters. The van der Waals surface area contributed by atoms with Crippen molar-refractivity contribution in [3.63, 3.8) is 0 Å². The Labute approximate surface area is 179 Å². The molecule has 2 aliphatic carbocycles. The van der Waals surface area contributed by atoms with Crippen molar-refractivity contribution >= 4 is 21.0 Å². The number of ether oxygens (including phenoxy) is 1. The highest BCUT2D eigenvalue weighted by atomic mass is 32.2. The third-order valence-electron chi connectivity index (χ3n) is 5.58. The first-order valence-corrected chi connectivity index (χ1v) is 10.9. The first kappa shape index (κ1) is 22.4. The third kappa shape index (κ3) is 3.80. The van der Waals surface area contributed by atoms with Gasteiger partial charge in [-0.25, -0.2) is 8.42 Å². The number of rotatable bonds is 4. The van der Waals surface area contributed by atoms with E-state index in [2.05, 4.69) is 0 Å². The number of sulfone groups is 1. The van der Waals surface area contributed by atoms with Gasteiger partial charge in [0.1, 0.15) is 5.75 Å². The van der Waals surface area contributed by atoms with Gasteiger partial charge in [0.2, 0.25) is 0 Å². The molecule has 0 N–H and O–H groups in total. The average Bonchev–Trinajstić information content (AvgIpc) is 3.36. The molecular formula is C22H16F6O3S. The first-order valence-electron chi connectivity index (χ1n) is 9.41. The van der Waals surface area contributed by atoms with Crippen LogP contribution in [0.1, 0.15) is 29.5 Å². The minimum absolute atomic E-state index is 0.278. The van der Waals surface area contributed by atoms with E-state index in [1.165, 1.54) is 24.3 Å². The van der Waals surface area contributed by atoms with Crippen LogP contribution >= 0.6 is 0 Å². The Morgan fingerprint density at radius 3 is 1.84 bits per heavy atom. The topological polar surface area (TPSA) is 43.4 Å². The number of hydrogen-bond acceptors (Lipinski definition) is 3. The molecular weight excluding hydrogens is 458 g/mol. The molecule has 0 heterocycles. The number of alkyl halides is 6. The van der Waals surface area contributed by atoms with E-state index in [0.29, 0.717) is 16.7 Å². The molecule has 2 aliphatic rings. The van der Waals surface area contributed by atoms with Crippen LogP contribution in [0.25, 0.3) is 11.1 Å². The molecule has 0 atom stereocenters. The number of allylic oxidation sites excluding steroid dienone is 4. The number of hydrogen-bond donors (Lipinski definition) is 0. The Morgan fingerprint density at radius 2 is 1.38 bits per heavy atom. The Bertz CT molecular complexity index is 1230. The molecule has 170 valence electrons. The van der Waals surface area contributed by atoms with Gasteiger partial charge in [-0.3, -0.25) is 0 Å². The zero-order valence-electron chi connectivity index (χ0n) is 16.5. The minimum Gasteiger partial charge on any atom is -0.496 e. The van der Waals surface area contributed by atoms with Crippen LogP contribution in [0.5, 0.6) is 5.75 Å². The van der Waals surface area contributed by atoms with Gasteiger partial charge in [-0.15, -0.1) is 0 Å². The van der Waals surface area contributed by atoms with Crippen LogP contribution in [0.3, 0.4) is 0 Å².